The Bertz CT molecular complexity index is 568. The van der Waals surface area contributed by atoms with Gasteiger partial charge in [-0.3, -0.25) is 4.79 Å². The van der Waals surface area contributed by atoms with E-state index in [-0.39, 0.29) is 11.8 Å². The summed E-state index contributed by atoms with van der Waals surface area (Å²) in [5.41, 5.74) is 1.97. The maximum Gasteiger partial charge on any atom is 0.231 e. The zero-order valence-corrected chi connectivity index (χ0v) is 13.6. The maximum atomic E-state index is 12.5. The number of hydrogen-bond acceptors (Lipinski definition) is 1. The number of benzene rings is 2. The molecule has 2 aromatic carbocycles. The monoisotopic (exact) mass is 379 g/mol. The molecule has 0 aliphatic carbocycles. The van der Waals surface area contributed by atoms with Crippen LogP contribution in [0.5, 0.6) is 0 Å². The molecule has 104 valence electrons. The first-order valence-electron chi connectivity index (χ1n) is 6.82. The number of para-hydroxylation sites is 1. The molecule has 0 aromatic heterocycles. The Kier molecular flexibility index (Phi) is 5.59. The highest BCUT2D eigenvalue weighted by atomic mass is 127. The summed E-state index contributed by atoms with van der Waals surface area (Å²) in [5.74, 6) is -0.0145. The minimum absolute atomic E-state index is 0.0715. The first-order chi connectivity index (χ1) is 9.72. The molecule has 2 aromatic rings. The van der Waals surface area contributed by atoms with Crippen LogP contribution in [0.15, 0.2) is 54.6 Å². The summed E-state index contributed by atoms with van der Waals surface area (Å²) < 4.78 is 1.06. The third kappa shape index (κ3) is 3.82. The Morgan fingerprint density at radius 2 is 1.75 bits per heavy atom. The highest BCUT2D eigenvalue weighted by Gasteiger charge is 2.20. The van der Waals surface area contributed by atoms with E-state index in [9.17, 15) is 4.79 Å². The number of anilines is 1. The quantitative estimate of drug-likeness (QED) is 0.742. The molecule has 0 radical (unpaired) electrons. The molecule has 0 spiro atoms. The lowest BCUT2D eigenvalue weighted by atomic mass is 9.93. The van der Waals surface area contributed by atoms with Crippen molar-refractivity contribution in [1.29, 1.82) is 0 Å². The predicted octanol–water partition coefficient (Wildman–Crippen LogP) is 4.81. The van der Waals surface area contributed by atoms with Gasteiger partial charge < -0.3 is 5.32 Å². The van der Waals surface area contributed by atoms with Crippen molar-refractivity contribution in [1.82, 2.24) is 0 Å². The van der Waals surface area contributed by atoms with Crippen LogP contribution in [0.25, 0.3) is 0 Å². The molecule has 0 unspecified atom stereocenters. The lowest BCUT2D eigenvalue weighted by molar-refractivity contribution is -0.117. The van der Waals surface area contributed by atoms with E-state index in [1.54, 1.807) is 0 Å². The fourth-order valence-electron chi connectivity index (χ4n) is 2.21. The van der Waals surface area contributed by atoms with Gasteiger partial charge in [0.2, 0.25) is 5.91 Å². The number of carbonyl (C=O) groups excluding carboxylic acids is 1. The van der Waals surface area contributed by atoms with E-state index in [0.29, 0.717) is 0 Å². The van der Waals surface area contributed by atoms with Crippen LogP contribution < -0.4 is 5.32 Å². The van der Waals surface area contributed by atoms with Crippen molar-refractivity contribution in [3.05, 3.63) is 63.7 Å². The third-order valence-electron chi connectivity index (χ3n) is 3.23. The molecule has 0 heterocycles. The van der Waals surface area contributed by atoms with Crippen LogP contribution in [0.4, 0.5) is 5.69 Å². The predicted molar refractivity (Wildman–Crippen MR) is 91.9 cm³/mol. The second-order valence-electron chi connectivity index (χ2n) is 4.72. The molecule has 0 fully saturated rings. The second kappa shape index (κ2) is 7.43. The topological polar surface area (TPSA) is 29.1 Å². The van der Waals surface area contributed by atoms with Gasteiger partial charge in [-0.1, -0.05) is 55.8 Å². The minimum atomic E-state index is -0.0859. The van der Waals surface area contributed by atoms with Gasteiger partial charge in [0.1, 0.15) is 0 Å². The lowest BCUT2D eigenvalue weighted by Crippen LogP contribution is -2.21. The summed E-state index contributed by atoms with van der Waals surface area (Å²) in [6.45, 7) is 2.11. The van der Waals surface area contributed by atoms with E-state index in [2.05, 4.69) is 34.8 Å². The van der Waals surface area contributed by atoms with Gasteiger partial charge in [0.25, 0.3) is 0 Å². The summed E-state index contributed by atoms with van der Waals surface area (Å²) in [5, 5.41) is 3.05. The molecule has 0 bridgehead atoms. The van der Waals surface area contributed by atoms with Crippen LogP contribution >= 0.6 is 22.6 Å². The van der Waals surface area contributed by atoms with Crippen LogP contribution in [-0.2, 0) is 4.79 Å². The summed E-state index contributed by atoms with van der Waals surface area (Å²) in [6, 6.07) is 17.8. The van der Waals surface area contributed by atoms with Crippen molar-refractivity contribution in [3.63, 3.8) is 0 Å². The van der Waals surface area contributed by atoms with Crippen LogP contribution in [-0.4, -0.2) is 5.91 Å². The van der Waals surface area contributed by atoms with E-state index < -0.39 is 0 Å². The van der Waals surface area contributed by atoms with E-state index in [4.69, 9.17) is 0 Å². The zero-order chi connectivity index (χ0) is 14.4. The van der Waals surface area contributed by atoms with Crippen molar-refractivity contribution in [2.45, 2.75) is 25.7 Å². The standard InChI is InChI=1S/C17H18INO/c1-2-8-14(13-9-4-3-5-10-13)17(20)19-16-12-7-6-11-15(16)18/h3-7,9-12,14H,2,8H2,1H3,(H,19,20)/t14-/m1/s1. The molecule has 0 saturated carbocycles. The van der Waals surface area contributed by atoms with E-state index >= 15 is 0 Å². The van der Waals surface area contributed by atoms with Crippen molar-refractivity contribution in [2.75, 3.05) is 5.32 Å². The highest BCUT2D eigenvalue weighted by molar-refractivity contribution is 14.1. The van der Waals surface area contributed by atoms with E-state index in [1.807, 2.05) is 54.6 Å². The molecule has 0 aliphatic heterocycles. The summed E-state index contributed by atoms with van der Waals surface area (Å²) in [4.78, 5) is 12.5. The van der Waals surface area contributed by atoms with Gasteiger partial charge >= 0.3 is 0 Å². The number of halogens is 1. The van der Waals surface area contributed by atoms with Crippen LogP contribution in [0, 0.1) is 3.57 Å². The van der Waals surface area contributed by atoms with E-state index in [0.717, 1.165) is 27.7 Å². The largest absolute Gasteiger partial charge is 0.325 e. The van der Waals surface area contributed by atoms with Gasteiger partial charge in [-0.25, -0.2) is 0 Å². The fraction of sp³-hybridized carbons (Fsp3) is 0.235. The molecule has 2 nitrogen and oxygen atoms in total. The molecule has 3 heteroatoms. The Morgan fingerprint density at radius 3 is 2.40 bits per heavy atom. The van der Waals surface area contributed by atoms with Crippen molar-refractivity contribution in [3.8, 4) is 0 Å². The van der Waals surface area contributed by atoms with E-state index in [1.165, 1.54) is 0 Å². The summed E-state index contributed by atoms with van der Waals surface area (Å²) in [6.07, 6.45) is 1.85. The number of nitrogens with one attached hydrogen (secondary N) is 1. The number of carbonyl (C=O) groups is 1. The molecule has 2 rings (SSSR count). The second-order valence-corrected chi connectivity index (χ2v) is 5.88. The average molecular weight is 379 g/mol. The number of rotatable bonds is 5. The smallest absolute Gasteiger partial charge is 0.231 e. The van der Waals surface area contributed by atoms with Gasteiger partial charge in [-0.05, 0) is 46.7 Å². The molecule has 1 atom stereocenters. The Labute approximate surface area is 133 Å². The summed E-state index contributed by atoms with van der Waals surface area (Å²) in [7, 11) is 0. The lowest BCUT2D eigenvalue weighted by Gasteiger charge is -2.17. The zero-order valence-electron chi connectivity index (χ0n) is 11.5. The molecular weight excluding hydrogens is 361 g/mol. The highest BCUT2D eigenvalue weighted by Crippen LogP contribution is 2.24. The molecule has 1 N–H and O–H groups in total. The number of amides is 1. The normalized spacial score (nSPS) is 11.9. The molecular formula is C17H18INO. The molecule has 1 amide bonds. The average Bonchev–Trinajstić information content (AvgIpc) is 2.48. The number of hydrogen-bond donors (Lipinski definition) is 1. The van der Waals surface area contributed by atoms with Crippen molar-refractivity contribution in [2.24, 2.45) is 0 Å². The van der Waals surface area contributed by atoms with Crippen LogP contribution in [0.3, 0.4) is 0 Å². The van der Waals surface area contributed by atoms with Crippen LogP contribution in [0.2, 0.25) is 0 Å². The summed E-state index contributed by atoms with van der Waals surface area (Å²) >= 11 is 2.24. The Balaban J connectivity index is 2.18. The first kappa shape index (κ1) is 15.0. The SMILES string of the molecule is CCC[C@@H](C(=O)Nc1ccccc1I)c1ccccc1. The molecule has 20 heavy (non-hydrogen) atoms. The minimum Gasteiger partial charge on any atom is -0.325 e. The van der Waals surface area contributed by atoms with Gasteiger partial charge in [-0.15, -0.1) is 0 Å². The molecule has 0 saturated heterocycles. The van der Waals surface area contributed by atoms with Crippen LogP contribution in [0.1, 0.15) is 31.2 Å². The first-order valence-corrected chi connectivity index (χ1v) is 7.90. The maximum absolute atomic E-state index is 12.5. The fourth-order valence-corrected chi connectivity index (χ4v) is 2.73. The van der Waals surface area contributed by atoms with Gasteiger partial charge in [0.05, 0.1) is 11.6 Å². The van der Waals surface area contributed by atoms with Crippen molar-refractivity contribution >= 4 is 34.2 Å². The van der Waals surface area contributed by atoms with Gasteiger partial charge in [0, 0.05) is 3.57 Å². The third-order valence-corrected chi connectivity index (χ3v) is 4.17. The Hall–Kier alpha value is -1.36. The van der Waals surface area contributed by atoms with Gasteiger partial charge in [0.15, 0.2) is 0 Å². The Morgan fingerprint density at radius 1 is 1.10 bits per heavy atom. The van der Waals surface area contributed by atoms with Crippen molar-refractivity contribution < 1.29 is 4.79 Å². The molecule has 0 aliphatic rings. The van der Waals surface area contributed by atoms with Gasteiger partial charge in [-0.2, -0.15) is 0 Å².